The highest BCUT2D eigenvalue weighted by Crippen LogP contribution is 2.43. The van der Waals surface area contributed by atoms with E-state index in [0.717, 1.165) is 47.6 Å². The Hall–Kier alpha value is -3.54. The molecule has 200 valence electrons. The molecule has 6 nitrogen and oxygen atoms in total. The van der Waals surface area contributed by atoms with E-state index in [4.69, 9.17) is 4.74 Å². The van der Waals surface area contributed by atoms with Gasteiger partial charge >= 0.3 is 0 Å². The highest BCUT2D eigenvalue weighted by atomic mass is 16.5. The van der Waals surface area contributed by atoms with E-state index in [-0.39, 0.29) is 41.8 Å². The summed E-state index contributed by atoms with van der Waals surface area (Å²) in [5.74, 6) is 1.07. The van der Waals surface area contributed by atoms with E-state index in [1.54, 1.807) is 7.11 Å². The van der Waals surface area contributed by atoms with E-state index in [2.05, 4.69) is 38.3 Å². The molecule has 1 aromatic heterocycles. The van der Waals surface area contributed by atoms with Crippen LogP contribution < -0.4 is 9.64 Å². The van der Waals surface area contributed by atoms with Gasteiger partial charge in [0.15, 0.2) is 0 Å². The van der Waals surface area contributed by atoms with Gasteiger partial charge in [-0.25, -0.2) is 0 Å². The van der Waals surface area contributed by atoms with Crippen molar-refractivity contribution in [2.24, 2.45) is 11.3 Å². The zero-order chi connectivity index (χ0) is 27.0. The Morgan fingerprint density at radius 1 is 1.00 bits per heavy atom. The lowest BCUT2D eigenvalue weighted by molar-refractivity contribution is -0.136. The lowest BCUT2D eigenvalue weighted by Gasteiger charge is -2.39. The first kappa shape index (κ1) is 26.1. The van der Waals surface area contributed by atoms with Gasteiger partial charge in [0.05, 0.1) is 24.2 Å². The smallest absolute Gasteiger partial charge is 0.247 e. The number of carbonyl (C=O) groups excluding carboxylic acids is 2. The van der Waals surface area contributed by atoms with E-state index < -0.39 is 0 Å². The number of rotatable bonds is 8. The van der Waals surface area contributed by atoms with Crippen LogP contribution in [-0.4, -0.2) is 41.0 Å². The first-order valence-electron chi connectivity index (χ1n) is 13.7. The topological polar surface area (TPSA) is 54.8 Å². The molecule has 1 saturated carbocycles. The molecule has 1 aliphatic heterocycles. The molecule has 2 aromatic carbocycles. The van der Waals surface area contributed by atoms with E-state index in [0.29, 0.717) is 6.42 Å². The van der Waals surface area contributed by atoms with Gasteiger partial charge in [0.2, 0.25) is 11.8 Å². The Morgan fingerprint density at radius 3 is 2.32 bits per heavy atom. The molecule has 0 bridgehead atoms. The van der Waals surface area contributed by atoms with Crippen LogP contribution in [0, 0.1) is 11.3 Å². The molecule has 6 heteroatoms. The Balaban J connectivity index is 1.47. The molecule has 3 aromatic rings. The number of fused-ring (bicyclic) bond motifs is 3. The van der Waals surface area contributed by atoms with Gasteiger partial charge in [-0.3, -0.25) is 14.5 Å². The lowest BCUT2D eigenvalue weighted by atomic mass is 9.84. The number of anilines is 1. The number of hydrogen-bond donors (Lipinski definition) is 0. The fourth-order valence-corrected chi connectivity index (χ4v) is 5.93. The molecule has 38 heavy (non-hydrogen) atoms. The van der Waals surface area contributed by atoms with Crippen molar-refractivity contribution in [2.75, 3.05) is 18.6 Å². The summed E-state index contributed by atoms with van der Waals surface area (Å²) in [5, 5.41) is 0. The van der Waals surface area contributed by atoms with Crippen molar-refractivity contribution in [2.45, 2.75) is 65.5 Å². The number of nitrogens with zero attached hydrogens (tertiary/aromatic N) is 3. The molecular formula is C32H39N3O3. The molecule has 2 amide bonds. The summed E-state index contributed by atoms with van der Waals surface area (Å²) >= 11 is 0. The van der Waals surface area contributed by atoms with E-state index in [9.17, 15) is 9.59 Å². The van der Waals surface area contributed by atoms with Crippen molar-refractivity contribution >= 4 is 17.5 Å². The average Bonchev–Trinajstić information content (AvgIpc) is 3.60. The predicted molar refractivity (Wildman–Crippen MR) is 151 cm³/mol. The number of carbonyl (C=O) groups is 2. The second kappa shape index (κ2) is 10.3. The quantitative estimate of drug-likeness (QED) is 0.351. The number of methoxy groups -OCH3 is 1. The van der Waals surface area contributed by atoms with Gasteiger partial charge in [0.1, 0.15) is 18.3 Å². The summed E-state index contributed by atoms with van der Waals surface area (Å²) in [6.07, 6.45) is 5.43. The van der Waals surface area contributed by atoms with E-state index in [1.165, 1.54) is 0 Å². The summed E-state index contributed by atoms with van der Waals surface area (Å²) in [6.45, 7) is 8.86. The van der Waals surface area contributed by atoms with Crippen molar-refractivity contribution in [3.8, 4) is 11.4 Å². The average molecular weight is 514 g/mol. The standard InChI is InChI=1S/C32H39N3O3/c1-22(20-32(2,3)4)19-29(36)34(24-14-15-24)21-30(37)35-27-10-7-6-9-26(27)33-18-8-11-28(33)31(35)23-12-16-25(38-5)17-13-23/h6-13,16-18,22,24,31H,14-15,19-21H2,1-5H3. The van der Waals surface area contributed by atoms with Gasteiger partial charge in [0.25, 0.3) is 0 Å². The third kappa shape index (κ3) is 5.35. The van der Waals surface area contributed by atoms with Crippen LogP contribution in [0.1, 0.15) is 70.7 Å². The van der Waals surface area contributed by atoms with Crippen molar-refractivity contribution < 1.29 is 14.3 Å². The number of aromatic nitrogens is 1. The monoisotopic (exact) mass is 513 g/mol. The largest absolute Gasteiger partial charge is 0.497 e. The van der Waals surface area contributed by atoms with E-state index in [1.807, 2.05) is 70.6 Å². The minimum absolute atomic E-state index is 0.0607. The third-order valence-corrected chi connectivity index (χ3v) is 7.52. The van der Waals surface area contributed by atoms with Gasteiger partial charge < -0.3 is 14.2 Å². The van der Waals surface area contributed by atoms with Crippen LogP contribution in [0.25, 0.3) is 5.69 Å². The maximum Gasteiger partial charge on any atom is 0.247 e. The van der Waals surface area contributed by atoms with Crippen LogP contribution in [0.3, 0.4) is 0 Å². The van der Waals surface area contributed by atoms with Crippen LogP contribution in [0.4, 0.5) is 5.69 Å². The molecule has 1 fully saturated rings. The minimum Gasteiger partial charge on any atom is -0.497 e. The Morgan fingerprint density at radius 2 is 1.68 bits per heavy atom. The highest BCUT2D eigenvalue weighted by Gasteiger charge is 2.40. The third-order valence-electron chi connectivity index (χ3n) is 7.52. The summed E-state index contributed by atoms with van der Waals surface area (Å²) in [5.41, 5.74) is 4.00. The molecule has 2 aliphatic rings. The highest BCUT2D eigenvalue weighted by molar-refractivity contribution is 6.00. The van der Waals surface area contributed by atoms with Crippen molar-refractivity contribution in [1.82, 2.24) is 9.47 Å². The second-order valence-electron chi connectivity index (χ2n) is 12.1. The first-order chi connectivity index (χ1) is 18.2. The van der Waals surface area contributed by atoms with Crippen LogP contribution in [0.15, 0.2) is 66.9 Å². The number of benzene rings is 2. The second-order valence-corrected chi connectivity index (χ2v) is 12.1. The SMILES string of the molecule is COc1ccc(C2c3cccn3-c3ccccc3N2C(=O)CN(C(=O)CC(C)CC(C)(C)C)C2CC2)cc1. The van der Waals surface area contributed by atoms with Crippen molar-refractivity contribution in [3.05, 3.63) is 78.1 Å². The zero-order valence-electron chi connectivity index (χ0n) is 23.2. The van der Waals surface area contributed by atoms with Gasteiger partial charge in [0, 0.05) is 18.7 Å². The summed E-state index contributed by atoms with van der Waals surface area (Å²) < 4.78 is 7.54. The predicted octanol–water partition coefficient (Wildman–Crippen LogP) is 6.38. The maximum absolute atomic E-state index is 14.3. The molecule has 2 unspecified atom stereocenters. The molecular weight excluding hydrogens is 474 g/mol. The normalized spacial score (nSPS) is 17.4. The van der Waals surface area contributed by atoms with E-state index >= 15 is 0 Å². The van der Waals surface area contributed by atoms with Crippen molar-refractivity contribution in [1.29, 1.82) is 0 Å². The fraction of sp³-hybridized carbons (Fsp3) is 0.438. The summed E-state index contributed by atoms with van der Waals surface area (Å²) in [7, 11) is 1.65. The Labute approximate surface area is 226 Å². The molecule has 2 atom stereocenters. The number of hydrogen-bond acceptors (Lipinski definition) is 3. The molecule has 0 saturated heterocycles. The molecule has 0 spiro atoms. The Kier molecular flexibility index (Phi) is 7.08. The Bertz CT molecular complexity index is 1300. The van der Waals surface area contributed by atoms with Crippen LogP contribution >= 0.6 is 0 Å². The molecule has 1 aliphatic carbocycles. The summed E-state index contributed by atoms with van der Waals surface area (Å²) in [4.78, 5) is 31.5. The zero-order valence-corrected chi connectivity index (χ0v) is 23.2. The number of ether oxygens (including phenoxy) is 1. The first-order valence-corrected chi connectivity index (χ1v) is 13.7. The minimum atomic E-state index is -0.311. The number of amides is 2. The number of para-hydroxylation sites is 2. The maximum atomic E-state index is 14.3. The fourth-order valence-electron chi connectivity index (χ4n) is 5.93. The van der Waals surface area contributed by atoms with Crippen LogP contribution in [0.5, 0.6) is 5.75 Å². The molecule has 2 heterocycles. The molecule has 0 N–H and O–H groups in total. The summed E-state index contributed by atoms with van der Waals surface area (Å²) in [6, 6.07) is 19.9. The van der Waals surface area contributed by atoms with Crippen LogP contribution in [0.2, 0.25) is 0 Å². The van der Waals surface area contributed by atoms with Gasteiger partial charge in [-0.05, 0) is 72.6 Å². The van der Waals surface area contributed by atoms with Gasteiger partial charge in [-0.1, -0.05) is 52.0 Å². The lowest BCUT2D eigenvalue weighted by Crippen LogP contribution is -2.47. The van der Waals surface area contributed by atoms with Gasteiger partial charge in [-0.15, -0.1) is 0 Å². The molecule has 5 rings (SSSR count). The van der Waals surface area contributed by atoms with Crippen LogP contribution in [-0.2, 0) is 9.59 Å². The molecule has 0 radical (unpaired) electrons. The van der Waals surface area contributed by atoms with Crippen molar-refractivity contribution in [3.63, 3.8) is 0 Å². The van der Waals surface area contributed by atoms with Gasteiger partial charge in [-0.2, -0.15) is 0 Å².